The summed E-state index contributed by atoms with van der Waals surface area (Å²) in [6.07, 6.45) is 1.79. The molecule has 1 aromatic rings. The van der Waals surface area contributed by atoms with Crippen LogP contribution in [-0.2, 0) is 0 Å². The maximum atomic E-state index is 9.43. The molecule has 0 aliphatic heterocycles. The summed E-state index contributed by atoms with van der Waals surface area (Å²) in [5.41, 5.74) is 1.05. The molecule has 1 fully saturated rings. The van der Waals surface area contributed by atoms with Crippen LogP contribution in [0.25, 0.3) is 0 Å². The average molecular weight is 231 g/mol. The predicted octanol–water partition coefficient (Wildman–Crippen LogP) is 1.72. The Labute approximate surface area is 79.3 Å². The fraction of sp³-hybridized carbons (Fsp3) is 0.625. The molecule has 2 unspecified atom stereocenters. The number of halogens is 1. The molecule has 2 N–H and O–H groups in total. The number of aliphatic hydroxyl groups excluding tert-OH is 1. The molecule has 1 heterocycles. The van der Waals surface area contributed by atoms with Crippen LogP contribution in [0.3, 0.4) is 0 Å². The quantitative estimate of drug-likeness (QED) is 0.773. The van der Waals surface area contributed by atoms with Gasteiger partial charge in [-0.2, -0.15) is 0 Å². The normalized spacial score (nSPS) is 28.6. The van der Waals surface area contributed by atoms with Gasteiger partial charge in [-0.25, -0.2) is 4.98 Å². The molecule has 2 atom stereocenters. The minimum absolute atomic E-state index is 0.179. The number of aliphatic hydroxyl groups is 1. The molecule has 4 heteroatoms. The summed E-state index contributed by atoms with van der Waals surface area (Å²) in [5.74, 6) is 1.16. The summed E-state index contributed by atoms with van der Waals surface area (Å²) in [6.45, 7) is 1.92. The van der Waals surface area contributed by atoms with Crippen LogP contribution in [0.5, 0.6) is 0 Å². The second kappa shape index (κ2) is 2.85. The van der Waals surface area contributed by atoms with Gasteiger partial charge in [0.2, 0.25) is 0 Å². The molecule has 1 aliphatic rings. The summed E-state index contributed by atoms with van der Waals surface area (Å²) < 4.78 is 0.851. The van der Waals surface area contributed by atoms with Crippen molar-refractivity contribution in [2.75, 3.05) is 0 Å². The van der Waals surface area contributed by atoms with E-state index in [1.54, 1.807) is 0 Å². The highest BCUT2D eigenvalue weighted by atomic mass is 79.9. The Bertz CT molecular complexity index is 297. The molecule has 1 aromatic heterocycles. The summed E-state index contributed by atoms with van der Waals surface area (Å²) in [6, 6.07) is 0. The average Bonchev–Trinajstić information content (AvgIpc) is 2.28. The zero-order chi connectivity index (χ0) is 8.72. The molecular weight excluding hydrogens is 220 g/mol. The van der Waals surface area contributed by atoms with Crippen molar-refractivity contribution >= 4 is 15.9 Å². The fourth-order valence-electron chi connectivity index (χ4n) is 1.55. The molecule has 3 nitrogen and oxygen atoms in total. The van der Waals surface area contributed by atoms with Crippen LogP contribution < -0.4 is 0 Å². The van der Waals surface area contributed by atoms with E-state index in [-0.39, 0.29) is 12.0 Å². The van der Waals surface area contributed by atoms with Crippen molar-refractivity contribution in [1.29, 1.82) is 0 Å². The topological polar surface area (TPSA) is 48.9 Å². The Kier molecular flexibility index (Phi) is 1.96. The van der Waals surface area contributed by atoms with Gasteiger partial charge in [0.25, 0.3) is 0 Å². The standard InChI is InChI=1S/C8H11BrN2O/c1-4-10-7(8(9)11-4)5-2-3-6(5)12/h5-6,12H,2-3H2,1H3,(H,10,11). The van der Waals surface area contributed by atoms with E-state index in [0.717, 1.165) is 29.0 Å². The molecule has 0 saturated heterocycles. The molecule has 12 heavy (non-hydrogen) atoms. The number of imidazole rings is 1. The molecule has 66 valence electrons. The molecule has 0 spiro atoms. The molecule has 1 saturated carbocycles. The van der Waals surface area contributed by atoms with Gasteiger partial charge in [0, 0.05) is 5.92 Å². The minimum Gasteiger partial charge on any atom is -0.392 e. The van der Waals surface area contributed by atoms with E-state index in [4.69, 9.17) is 0 Å². The SMILES string of the molecule is Cc1nc(Br)c(C2CCC2O)[nH]1. The van der Waals surface area contributed by atoms with Crippen LogP contribution in [0, 0.1) is 6.92 Å². The van der Waals surface area contributed by atoms with Crippen molar-refractivity contribution in [3.63, 3.8) is 0 Å². The van der Waals surface area contributed by atoms with Gasteiger partial charge in [0.1, 0.15) is 10.4 Å². The van der Waals surface area contributed by atoms with E-state index < -0.39 is 0 Å². The molecule has 0 aromatic carbocycles. The molecule has 0 bridgehead atoms. The molecule has 2 rings (SSSR count). The third-order valence-electron chi connectivity index (χ3n) is 2.41. The number of aromatic nitrogens is 2. The van der Waals surface area contributed by atoms with Crippen LogP contribution in [0.1, 0.15) is 30.3 Å². The summed E-state index contributed by atoms with van der Waals surface area (Å²) in [5, 5.41) is 9.43. The number of rotatable bonds is 1. The molecule has 1 aliphatic carbocycles. The lowest BCUT2D eigenvalue weighted by atomic mass is 9.80. The van der Waals surface area contributed by atoms with Crippen LogP contribution in [0.4, 0.5) is 0 Å². The highest BCUT2D eigenvalue weighted by Crippen LogP contribution is 2.38. The first-order valence-corrected chi connectivity index (χ1v) is 4.88. The van der Waals surface area contributed by atoms with Crippen molar-refractivity contribution < 1.29 is 5.11 Å². The van der Waals surface area contributed by atoms with Gasteiger partial charge < -0.3 is 10.1 Å². The van der Waals surface area contributed by atoms with E-state index in [0.29, 0.717) is 0 Å². The van der Waals surface area contributed by atoms with Crippen molar-refractivity contribution in [3.8, 4) is 0 Å². The zero-order valence-electron chi connectivity index (χ0n) is 6.84. The highest BCUT2D eigenvalue weighted by Gasteiger charge is 2.33. The summed E-state index contributed by atoms with van der Waals surface area (Å²) in [4.78, 5) is 7.36. The Morgan fingerprint density at radius 2 is 2.33 bits per heavy atom. The van der Waals surface area contributed by atoms with E-state index in [1.165, 1.54) is 0 Å². The molecule has 0 amide bonds. The monoisotopic (exact) mass is 230 g/mol. The summed E-state index contributed by atoms with van der Waals surface area (Å²) in [7, 11) is 0. The van der Waals surface area contributed by atoms with Crippen LogP contribution in [0.2, 0.25) is 0 Å². The Balaban J connectivity index is 2.27. The first-order valence-electron chi connectivity index (χ1n) is 4.08. The van der Waals surface area contributed by atoms with Crippen LogP contribution in [0.15, 0.2) is 4.60 Å². The number of hydrogen-bond acceptors (Lipinski definition) is 2. The number of aryl methyl sites for hydroxylation is 1. The third kappa shape index (κ3) is 1.19. The number of aromatic amines is 1. The van der Waals surface area contributed by atoms with Gasteiger partial charge >= 0.3 is 0 Å². The fourth-order valence-corrected chi connectivity index (χ4v) is 2.21. The summed E-state index contributed by atoms with van der Waals surface area (Å²) >= 11 is 3.37. The lowest BCUT2D eigenvalue weighted by Crippen LogP contribution is -2.29. The lowest BCUT2D eigenvalue weighted by Gasteiger charge is -2.31. The lowest BCUT2D eigenvalue weighted by molar-refractivity contribution is 0.0640. The van der Waals surface area contributed by atoms with Gasteiger partial charge in [-0.05, 0) is 35.7 Å². The van der Waals surface area contributed by atoms with Gasteiger partial charge in [0.15, 0.2) is 0 Å². The van der Waals surface area contributed by atoms with Gasteiger partial charge in [-0.1, -0.05) is 0 Å². The number of nitrogens with zero attached hydrogens (tertiary/aromatic N) is 1. The van der Waals surface area contributed by atoms with E-state index >= 15 is 0 Å². The van der Waals surface area contributed by atoms with Crippen molar-refractivity contribution in [1.82, 2.24) is 9.97 Å². The smallest absolute Gasteiger partial charge is 0.127 e. The molecule has 0 radical (unpaired) electrons. The predicted molar refractivity (Wildman–Crippen MR) is 49.0 cm³/mol. The minimum atomic E-state index is -0.179. The first-order chi connectivity index (χ1) is 5.68. The third-order valence-corrected chi connectivity index (χ3v) is 3.02. The Hall–Kier alpha value is -0.350. The Morgan fingerprint density at radius 1 is 1.58 bits per heavy atom. The van der Waals surface area contributed by atoms with Gasteiger partial charge in [0.05, 0.1) is 11.8 Å². The van der Waals surface area contributed by atoms with Crippen molar-refractivity contribution in [2.45, 2.75) is 31.8 Å². The van der Waals surface area contributed by atoms with Gasteiger partial charge in [-0.3, -0.25) is 0 Å². The largest absolute Gasteiger partial charge is 0.392 e. The number of hydrogen-bond donors (Lipinski definition) is 2. The van der Waals surface area contributed by atoms with E-state index in [9.17, 15) is 5.11 Å². The zero-order valence-corrected chi connectivity index (χ0v) is 8.43. The number of nitrogens with one attached hydrogen (secondary N) is 1. The van der Waals surface area contributed by atoms with E-state index in [2.05, 4.69) is 25.9 Å². The highest BCUT2D eigenvalue weighted by molar-refractivity contribution is 9.10. The van der Waals surface area contributed by atoms with Crippen LogP contribution in [-0.4, -0.2) is 21.2 Å². The van der Waals surface area contributed by atoms with Crippen molar-refractivity contribution in [2.24, 2.45) is 0 Å². The van der Waals surface area contributed by atoms with Gasteiger partial charge in [-0.15, -0.1) is 0 Å². The number of H-pyrrole nitrogens is 1. The second-order valence-corrected chi connectivity index (χ2v) is 4.03. The second-order valence-electron chi connectivity index (χ2n) is 3.28. The van der Waals surface area contributed by atoms with Crippen LogP contribution >= 0.6 is 15.9 Å². The molecular formula is C8H11BrN2O. The van der Waals surface area contributed by atoms with Crippen molar-refractivity contribution in [3.05, 3.63) is 16.1 Å². The maximum absolute atomic E-state index is 9.43. The van der Waals surface area contributed by atoms with E-state index in [1.807, 2.05) is 6.92 Å². The first kappa shape index (κ1) is 8.26. The maximum Gasteiger partial charge on any atom is 0.127 e. The Morgan fingerprint density at radius 3 is 2.67 bits per heavy atom.